The number of sulfonamides is 1. The Labute approximate surface area is 97.3 Å². The van der Waals surface area contributed by atoms with E-state index in [-0.39, 0.29) is 16.8 Å². The molecule has 0 saturated carbocycles. The summed E-state index contributed by atoms with van der Waals surface area (Å²) >= 11 is 0. The van der Waals surface area contributed by atoms with Crippen molar-refractivity contribution < 1.29 is 8.42 Å². The van der Waals surface area contributed by atoms with Gasteiger partial charge in [-0.15, -0.1) is 0 Å². The lowest BCUT2D eigenvalue weighted by Gasteiger charge is -2.07. The first-order valence-electron chi connectivity index (χ1n) is 4.55. The van der Waals surface area contributed by atoms with E-state index in [2.05, 4.69) is 19.8 Å². The van der Waals surface area contributed by atoms with E-state index >= 15 is 0 Å². The summed E-state index contributed by atoms with van der Waals surface area (Å²) in [5, 5.41) is 3.64. The molecule has 0 saturated heterocycles. The second-order valence-corrected chi connectivity index (χ2v) is 4.96. The Hall–Kier alpha value is -2.10. The van der Waals surface area contributed by atoms with Gasteiger partial charge in [-0.2, -0.15) is 18.5 Å². The molecule has 2 aromatic heterocycles. The third kappa shape index (κ3) is 1.93. The largest absolute Gasteiger partial charge is 0.381 e. The molecule has 0 aliphatic rings. The van der Waals surface area contributed by atoms with E-state index < -0.39 is 10.0 Å². The molecule has 0 amide bonds. The molecule has 0 atom stereocenters. The lowest BCUT2D eigenvalue weighted by atomic mass is 10.8. The van der Waals surface area contributed by atoms with Crippen molar-refractivity contribution in [2.24, 2.45) is 14.1 Å². The van der Waals surface area contributed by atoms with E-state index in [0.717, 1.165) is 0 Å². The highest BCUT2D eigenvalue weighted by Crippen LogP contribution is 2.18. The number of aromatic nitrogens is 5. The molecule has 0 aliphatic carbocycles. The Kier molecular flexibility index (Phi) is 2.50. The van der Waals surface area contributed by atoms with Crippen molar-refractivity contribution in [2.45, 2.75) is 5.03 Å². The zero-order chi connectivity index (χ0) is 12.6. The summed E-state index contributed by atoms with van der Waals surface area (Å²) in [6.45, 7) is 0. The summed E-state index contributed by atoms with van der Waals surface area (Å²) in [6, 6.07) is 0. The normalized spacial score (nSPS) is 11.6. The quantitative estimate of drug-likeness (QED) is 0.722. The summed E-state index contributed by atoms with van der Waals surface area (Å²) in [6.07, 6.45) is 2.56. The van der Waals surface area contributed by atoms with Crippen LogP contribution in [0.2, 0.25) is 0 Å². The molecule has 0 radical (unpaired) electrons. The van der Waals surface area contributed by atoms with Crippen LogP contribution in [0.4, 0.5) is 11.8 Å². The number of aryl methyl sites for hydroxylation is 2. The molecular formula is C7H11N7O2S. The number of hydrogen-bond acceptors (Lipinski definition) is 6. The zero-order valence-corrected chi connectivity index (χ0v) is 10.0. The maximum Gasteiger partial charge on any atom is 0.283 e. The van der Waals surface area contributed by atoms with Crippen molar-refractivity contribution in [3.63, 3.8) is 0 Å². The topological polar surface area (TPSA) is 121 Å². The smallest absolute Gasteiger partial charge is 0.283 e. The number of nitrogens with one attached hydrogen (secondary N) is 1. The monoisotopic (exact) mass is 257 g/mol. The van der Waals surface area contributed by atoms with Gasteiger partial charge >= 0.3 is 0 Å². The molecule has 0 fully saturated rings. The molecule has 0 aromatic carbocycles. The van der Waals surface area contributed by atoms with Crippen molar-refractivity contribution >= 4 is 21.8 Å². The van der Waals surface area contributed by atoms with Gasteiger partial charge in [0.25, 0.3) is 10.0 Å². The first kappa shape index (κ1) is 11.4. The van der Waals surface area contributed by atoms with Crippen LogP contribution in [0.1, 0.15) is 0 Å². The highest BCUT2D eigenvalue weighted by atomic mass is 32.2. The summed E-state index contributed by atoms with van der Waals surface area (Å²) in [7, 11) is -0.718. The molecule has 17 heavy (non-hydrogen) atoms. The molecule has 92 valence electrons. The Morgan fingerprint density at radius 1 is 1.35 bits per heavy atom. The predicted octanol–water partition coefficient (Wildman–Crippen LogP) is -1.07. The van der Waals surface area contributed by atoms with Gasteiger partial charge in [-0.1, -0.05) is 0 Å². The lowest BCUT2D eigenvalue weighted by Crippen LogP contribution is -2.19. The van der Waals surface area contributed by atoms with Crippen LogP contribution in [-0.2, 0) is 24.1 Å². The Morgan fingerprint density at radius 3 is 2.53 bits per heavy atom. The third-order valence-electron chi connectivity index (χ3n) is 2.10. The SMILES string of the molecule is Cn1cnc(N)c1S(=O)(=O)Nc1ncnn1C. The summed E-state index contributed by atoms with van der Waals surface area (Å²) in [4.78, 5) is 7.47. The predicted molar refractivity (Wildman–Crippen MR) is 59.4 cm³/mol. The highest BCUT2D eigenvalue weighted by molar-refractivity contribution is 7.92. The van der Waals surface area contributed by atoms with Crippen LogP contribution in [0.15, 0.2) is 17.7 Å². The number of hydrogen-bond donors (Lipinski definition) is 2. The second kappa shape index (κ2) is 3.73. The number of anilines is 2. The van der Waals surface area contributed by atoms with Crippen LogP contribution in [-0.4, -0.2) is 32.7 Å². The average Bonchev–Trinajstić information content (AvgIpc) is 2.74. The average molecular weight is 257 g/mol. The van der Waals surface area contributed by atoms with Crippen LogP contribution in [0.5, 0.6) is 0 Å². The van der Waals surface area contributed by atoms with Gasteiger partial charge in [0.1, 0.15) is 6.33 Å². The molecule has 2 heterocycles. The molecule has 0 spiro atoms. The number of nitrogen functional groups attached to an aromatic ring is 1. The molecule has 0 bridgehead atoms. The van der Waals surface area contributed by atoms with E-state index in [0.29, 0.717) is 0 Å². The van der Waals surface area contributed by atoms with E-state index in [1.54, 1.807) is 7.05 Å². The molecule has 9 nitrogen and oxygen atoms in total. The van der Waals surface area contributed by atoms with E-state index in [1.165, 1.54) is 29.0 Å². The highest BCUT2D eigenvalue weighted by Gasteiger charge is 2.23. The van der Waals surface area contributed by atoms with Crippen LogP contribution in [0.3, 0.4) is 0 Å². The molecule has 10 heteroatoms. The van der Waals surface area contributed by atoms with Gasteiger partial charge in [-0.05, 0) is 0 Å². The number of nitrogens with two attached hydrogens (primary N) is 1. The fourth-order valence-corrected chi connectivity index (χ4v) is 2.60. The standard InChI is InChI=1S/C7H11N7O2S/c1-13-4-10-5(8)6(13)17(15,16)12-7-9-3-11-14(7)2/h3-4H,8H2,1-2H3,(H,9,11,12). The van der Waals surface area contributed by atoms with Gasteiger partial charge in [0.05, 0.1) is 6.33 Å². The minimum atomic E-state index is -3.82. The Balaban J connectivity index is 2.42. The molecular weight excluding hydrogens is 246 g/mol. The second-order valence-electron chi connectivity index (χ2n) is 3.36. The first-order chi connectivity index (χ1) is 7.92. The minimum Gasteiger partial charge on any atom is -0.381 e. The fourth-order valence-electron chi connectivity index (χ4n) is 1.32. The maximum atomic E-state index is 12.0. The number of nitrogens with zero attached hydrogens (tertiary/aromatic N) is 5. The van der Waals surface area contributed by atoms with Crippen molar-refractivity contribution in [1.82, 2.24) is 24.3 Å². The van der Waals surface area contributed by atoms with E-state index in [1.807, 2.05) is 0 Å². The van der Waals surface area contributed by atoms with E-state index in [4.69, 9.17) is 5.73 Å². The fraction of sp³-hybridized carbons (Fsp3) is 0.286. The first-order valence-corrected chi connectivity index (χ1v) is 6.04. The maximum absolute atomic E-state index is 12.0. The molecule has 2 aromatic rings. The van der Waals surface area contributed by atoms with Crippen LogP contribution in [0.25, 0.3) is 0 Å². The number of rotatable bonds is 3. The summed E-state index contributed by atoms with van der Waals surface area (Å²) < 4.78 is 28.9. The molecule has 0 unspecified atom stereocenters. The third-order valence-corrected chi connectivity index (χ3v) is 3.56. The van der Waals surface area contributed by atoms with Crippen molar-refractivity contribution in [3.8, 4) is 0 Å². The molecule has 0 aliphatic heterocycles. The summed E-state index contributed by atoms with van der Waals surface area (Å²) in [5.41, 5.74) is 5.50. The molecule has 3 N–H and O–H groups in total. The van der Waals surface area contributed by atoms with Gasteiger partial charge in [0, 0.05) is 14.1 Å². The number of imidazole rings is 1. The van der Waals surface area contributed by atoms with E-state index in [9.17, 15) is 8.42 Å². The van der Waals surface area contributed by atoms with Gasteiger partial charge < -0.3 is 10.3 Å². The zero-order valence-electron chi connectivity index (χ0n) is 9.19. The van der Waals surface area contributed by atoms with Crippen molar-refractivity contribution in [2.75, 3.05) is 10.5 Å². The van der Waals surface area contributed by atoms with Gasteiger partial charge in [-0.3, -0.25) is 0 Å². The molecule has 2 rings (SSSR count). The van der Waals surface area contributed by atoms with Crippen LogP contribution >= 0.6 is 0 Å². The van der Waals surface area contributed by atoms with Crippen LogP contribution in [0, 0.1) is 0 Å². The Morgan fingerprint density at radius 2 is 2.06 bits per heavy atom. The minimum absolute atomic E-state index is 0.0674. The van der Waals surface area contributed by atoms with Gasteiger partial charge in [0.15, 0.2) is 10.8 Å². The van der Waals surface area contributed by atoms with Crippen LogP contribution < -0.4 is 10.5 Å². The Bertz CT molecular complexity index is 621. The van der Waals surface area contributed by atoms with Crippen molar-refractivity contribution in [3.05, 3.63) is 12.7 Å². The van der Waals surface area contributed by atoms with Gasteiger partial charge in [0.2, 0.25) is 5.95 Å². The van der Waals surface area contributed by atoms with Gasteiger partial charge in [-0.25, -0.2) is 14.4 Å². The lowest BCUT2D eigenvalue weighted by molar-refractivity contribution is 0.590. The summed E-state index contributed by atoms with van der Waals surface area (Å²) in [5.74, 6) is 0.0350. The van der Waals surface area contributed by atoms with Crippen molar-refractivity contribution in [1.29, 1.82) is 0 Å².